The summed E-state index contributed by atoms with van der Waals surface area (Å²) in [5, 5.41) is 10.8. The van der Waals surface area contributed by atoms with Crippen LogP contribution in [0.5, 0.6) is 11.5 Å². The van der Waals surface area contributed by atoms with E-state index in [1.807, 2.05) is 0 Å². The van der Waals surface area contributed by atoms with Gasteiger partial charge in [-0.05, 0) is 25.0 Å². The lowest BCUT2D eigenvalue weighted by Crippen LogP contribution is -2.39. The largest absolute Gasteiger partial charge is 0.454 e. The fraction of sp³-hybridized carbons (Fsp3) is 0.421. The van der Waals surface area contributed by atoms with Gasteiger partial charge in [-0.15, -0.1) is 11.3 Å². The van der Waals surface area contributed by atoms with Crippen molar-refractivity contribution in [2.45, 2.75) is 44.6 Å². The Morgan fingerprint density at radius 2 is 1.93 bits per heavy atom. The molecule has 1 aliphatic carbocycles. The van der Waals surface area contributed by atoms with Gasteiger partial charge in [0.2, 0.25) is 12.7 Å². The number of fused-ring (bicyclic) bond motifs is 1. The molecule has 0 spiro atoms. The zero-order valence-electron chi connectivity index (χ0n) is 15.3. The van der Waals surface area contributed by atoms with Crippen molar-refractivity contribution in [2.75, 3.05) is 17.4 Å². The third-order valence-electron chi connectivity index (χ3n) is 4.71. The van der Waals surface area contributed by atoms with Gasteiger partial charge in [0.25, 0.3) is 0 Å². The Balaban J connectivity index is 1.26. The number of aromatic nitrogens is 1. The molecular weight excluding hydrogens is 380 g/mol. The van der Waals surface area contributed by atoms with E-state index in [0.717, 1.165) is 25.7 Å². The van der Waals surface area contributed by atoms with Gasteiger partial charge in [0, 0.05) is 23.2 Å². The van der Waals surface area contributed by atoms with Gasteiger partial charge in [0.05, 0.1) is 12.1 Å². The van der Waals surface area contributed by atoms with Gasteiger partial charge in [-0.1, -0.05) is 19.3 Å². The molecule has 1 aliphatic heterocycles. The van der Waals surface area contributed by atoms with Crippen molar-refractivity contribution < 1.29 is 19.1 Å². The van der Waals surface area contributed by atoms with E-state index in [1.165, 1.54) is 17.8 Å². The Morgan fingerprint density at radius 1 is 1.11 bits per heavy atom. The first-order valence-corrected chi connectivity index (χ1v) is 10.2. The number of hydrogen-bond acceptors (Lipinski definition) is 6. The van der Waals surface area contributed by atoms with Gasteiger partial charge in [0.1, 0.15) is 0 Å². The van der Waals surface area contributed by atoms with Crippen LogP contribution in [0.2, 0.25) is 0 Å². The topological polar surface area (TPSA) is 102 Å². The Hall–Kier alpha value is -2.81. The summed E-state index contributed by atoms with van der Waals surface area (Å²) in [5.74, 6) is 1.09. The quantitative estimate of drug-likeness (QED) is 0.710. The molecule has 2 heterocycles. The molecule has 0 unspecified atom stereocenters. The van der Waals surface area contributed by atoms with Crippen molar-refractivity contribution in [3.8, 4) is 11.5 Å². The average Bonchev–Trinajstić information content (AvgIpc) is 3.31. The summed E-state index contributed by atoms with van der Waals surface area (Å²) in [6.45, 7) is 0.190. The van der Waals surface area contributed by atoms with Gasteiger partial charge < -0.3 is 20.1 Å². The SMILES string of the molecule is O=C(Cc1csc(NC(=O)NC2CCCCC2)n1)Nc1ccc2c(c1)OCO2. The van der Waals surface area contributed by atoms with Crippen LogP contribution in [0.25, 0.3) is 0 Å². The van der Waals surface area contributed by atoms with Crippen LogP contribution < -0.4 is 25.4 Å². The molecule has 9 heteroatoms. The number of carbonyl (C=O) groups excluding carboxylic acids is 2. The number of thiazole rings is 1. The molecule has 3 amide bonds. The van der Waals surface area contributed by atoms with Gasteiger partial charge in [-0.2, -0.15) is 0 Å². The fourth-order valence-electron chi connectivity index (χ4n) is 3.36. The first-order valence-electron chi connectivity index (χ1n) is 9.37. The Kier molecular flexibility index (Phi) is 5.61. The monoisotopic (exact) mass is 402 g/mol. The number of amides is 3. The molecule has 2 aliphatic rings. The van der Waals surface area contributed by atoms with Crippen LogP contribution in [-0.2, 0) is 11.2 Å². The molecule has 4 rings (SSSR count). The fourth-order valence-corrected chi connectivity index (χ4v) is 4.06. The van der Waals surface area contributed by atoms with Crippen LogP contribution in [-0.4, -0.2) is 29.8 Å². The zero-order chi connectivity index (χ0) is 19.3. The van der Waals surface area contributed by atoms with E-state index in [1.54, 1.807) is 23.6 Å². The highest BCUT2D eigenvalue weighted by molar-refractivity contribution is 7.13. The molecule has 1 aromatic carbocycles. The predicted molar refractivity (Wildman–Crippen MR) is 106 cm³/mol. The third kappa shape index (κ3) is 4.72. The predicted octanol–water partition coefficient (Wildman–Crippen LogP) is 3.51. The highest BCUT2D eigenvalue weighted by atomic mass is 32.1. The smallest absolute Gasteiger partial charge is 0.321 e. The molecule has 0 radical (unpaired) electrons. The number of nitrogens with zero attached hydrogens (tertiary/aromatic N) is 1. The summed E-state index contributed by atoms with van der Waals surface area (Å²) in [6, 6.07) is 5.24. The van der Waals surface area contributed by atoms with E-state index >= 15 is 0 Å². The summed E-state index contributed by atoms with van der Waals surface area (Å²) in [6.07, 6.45) is 5.73. The minimum Gasteiger partial charge on any atom is -0.454 e. The molecule has 8 nitrogen and oxygen atoms in total. The number of nitrogens with one attached hydrogen (secondary N) is 3. The van der Waals surface area contributed by atoms with Crippen LogP contribution in [0.15, 0.2) is 23.6 Å². The average molecular weight is 402 g/mol. The van der Waals surface area contributed by atoms with Crippen LogP contribution >= 0.6 is 11.3 Å². The highest BCUT2D eigenvalue weighted by Gasteiger charge is 2.17. The van der Waals surface area contributed by atoms with E-state index in [2.05, 4.69) is 20.9 Å². The summed E-state index contributed by atoms with van der Waals surface area (Å²) < 4.78 is 10.6. The lowest BCUT2D eigenvalue weighted by atomic mass is 9.96. The van der Waals surface area contributed by atoms with Crippen molar-refractivity contribution in [2.24, 2.45) is 0 Å². The van der Waals surface area contributed by atoms with E-state index in [-0.39, 0.29) is 31.2 Å². The summed E-state index contributed by atoms with van der Waals surface area (Å²) in [4.78, 5) is 28.7. The molecule has 2 aromatic rings. The van der Waals surface area contributed by atoms with Crippen LogP contribution in [0, 0.1) is 0 Å². The van der Waals surface area contributed by atoms with Crippen molar-refractivity contribution in [3.63, 3.8) is 0 Å². The number of ether oxygens (including phenoxy) is 2. The maximum atomic E-state index is 12.3. The maximum absolute atomic E-state index is 12.3. The minimum atomic E-state index is -0.238. The second kappa shape index (κ2) is 8.47. The molecule has 0 saturated heterocycles. The molecule has 3 N–H and O–H groups in total. The molecule has 1 saturated carbocycles. The van der Waals surface area contributed by atoms with Crippen molar-refractivity contribution in [1.29, 1.82) is 0 Å². The molecular formula is C19H22N4O4S. The van der Waals surface area contributed by atoms with Crippen molar-refractivity contribution in [3.05, 3.63) is 29.3 Å². The molecule has 148 valence electrons. The van der Waals surface area contributed by atoms with E-state index < -0.39 is 0 Å². The second-order valence-corrected chi connectivity index (χ2v) is 7.73. The van der Waals surface area contributed by atoms with Crippen molar-refractivity contribution in [1.82, 2.24) is 10.3 Å². The number of urea groups is 1. The Morgan fingerprint density at radius 3 is 2.79 bits per heavy atom. The minimum absolute atomic E-state index is 0.122. The Bertz CT molecular complexity index is 863. The highest BCUT2D eigenvalue weighted by Crippen LogP contribution is 2.34. The summed E-state index contributed by atoms with van der Waals surface area (Å²) in [5.41, 5.74) is 1.24. The normalized spacial score (nSPS) is 15.9. The van der Waals surface area contributed by atoms with E-state index in [4.69, 9.17) is 9.47 Å². The van der Waals surface area contributed by atoms with Gasteiger partial charge >= 0.3 is 6.03 Å². The number of hydrogen-bond donors (Lipinski definition) is 3. The number of carbonyl (C=O) groups is 2. The third-order valence-corrected chi connectivity index (χ3v) is 5.52. The van der Waals surface area contributed by atoms with Gasteiger partial charge in [0.15, 0.2) is 16.6 Å². The maximum Gasteiger partial charge on any atom is 0.321 e. The van der Waals surface area contributed by atoms with E-state index in [9.17, 15) is 9.59 Å². The number of rotatable bonds is 5. The van der Waals surface area contributed by atoms with Gasteiger partial charge in [-0.3, -0.25) is 10.1 Å². The first-order chi connectivity index (χ1) is 13.7. The van der Waals surface area contributed by atoms with Crippen LogP contribution in [0.1, 0.15) is 37.8 Å². The molecule has 0 bridgehead atoms. The van der Waals surface area contributed by atoms with Gasteiger partial charge in [-0.25, -0.2) is 9.78 Å². The summed E-state index contributed by atoms with van der Waals surface area (Å²) >= 11 is 1.30. The van der Waals surface area contributed by atoms with Crippen LogP contribution in [0.3, 0.4) is 0 Å². The molecule has 1 fully saturated rings. The standard InChI is InChI=1S/C19H22N4O4S/c24-17(20-13-6-7-15-16(8-13)27-11-26-15)9-14-10-28-19(22-14)23-18(25)21-12-4-2-1-3-5-12/h6-8,10,12H,1-5,9,11H2,(H,20,24)(H2,21,22,23,25). The Labute approximate surface area is 166 Å². The van der Waals surface area contributed by atoms with Crippen molar-refractivity contribution >= 4 is 34.1 Å². The molecule has 1 aromatic heterocycles. The zero-order valence-corrected chi connectivity index (χ0v) is 16.1. The summed E-state index contributed by atoms with van der Waals surface area (Å²) in [7, 11) is 0. The lowest BCUT2D eigenvalue weighted by molar-refractivity contribution is -0.115. The van der Waals surface area contributed by atoms with Crippen LogP contribution in [0.4, 0.5) is 15.6 Å². The second-order valence-electron chi connectivity index (χ2n) is 6.87. The first kappa shape index (κ1) is 18.5. The molecule has 0 atom stereocenters. The molecule has 28 heavy (non-hydrogen) atoms. The number of anilines is 2. The number of benzene rings is 1. The lowest BCUT2D eigenvalue weighted by Gasteiger charge is -2.22. The van der Waals surface area contributed by atoms with E-state index in [0.29, 0.717) is 28.0 Å².